The minimum atomic E-state index is -3.52. The van der Waals surface area contributed by atoms with E-state index >= 15 is 0 Å². The first-order valence-corrected chi connectivity index (χ1v) is 6.86. The first-order valence-electron chi connectivity index (χ1n) is 5.36. The van der Waals surface area contributed by atoms with E-state index < -0.39 is 10.2 Å². The van der Waals surface area contributed by atoms with E-state index in [0.29, 0.717) is 19.0 Å². The van der Waals surface area contributed by atoms with E-state index in [4.69, 9.17) is 5.14 Å². The van der Waals surface area contributed by atoms with E-state index in [9.17, 15) is 8.42 Å². The molecule has 0 amide bonds. The molecule has 2 N–H and O–H groups in total. The summed E-state index contributed by atoms with van der Waals surface area (Å²) >= 11 is 0. The lowest BCUT2D eigenvalue weighted by molar-refractivity contribution is 0.434. The van der Waals surface area contributed by atoms with Crippen LogP contribution in [-0.4, -0.2) is 25.8 Å². The molecule has 2 atom stereocenters. The summed E-state index contributed by atoms with van der Waals surface area (Å²) in [7, 11) is -3.52. The van der Waals surface area contributed by atoms with Crippen LogP contribution < -0.4 is 5.14 Å². The third-order valence-electron chi connectivity index (χ3n) is 3.82. The fourth-order valence-corrected chi connectivity index (χ4v) is 3.65. The first kappa shape index (κ1) is 10.3. The molecule has 2 aliphatic rings. The van der Waals surface area contributed by atoms with Crippen LogP contribution in [0.25, 0.3) is 0 Å². The number of nitrogens with two attached hydrogens (primary N) is 1. The zero-order valence-corrected chi connectivity index (χ0v) is 9.65. The van der Waals surface area contributed by atoms with Crippen molar-refractivity contribution in [2.24, 2.45) is 11.1 Å². The number of benzene rings is 1. The smallest absolute Gasteiger partial charge is 0.216 e. The molecule has 0 aromatic heterocycles. The minimum Gasteiger partial charge on any atom is -0.216 e. The monoisotopic (exact) mass is 238 g/mol. The highest BCUT2D eigenvalue weighted by atomic mass is 32.2. The van der Waals surface area contributed by atoms with E-state index in [1.54, 1.807) is 0 Å². The number of piperidine rings is 1. The maximum absolute atomic E-state index is 11.3. The van der Waals surface area contributed by atoms with Crippen LogP contribution in [0, 0.1) is 5.92 Å². The van der Waals surface area contributed by atoms with Crippen molar-refractivity contribution < 1.29 is 8.42 Å². The zero-order chi connectivity index (χ0) is 11.4. The van der Waals surface area contributed by atoms with Crippen molar-refractivity contribution in [3.05, 3.63) is 35.9 Å². The molecule has 16 heavy (non-hydrogen) atoms. The molecule has 5 heteroatoms. The second kappa shape index (κ2) is 3.06. The molecule has 1 heterocycles. The van der Waals surface area contributed by atoms with Gasteiger partial charge in [-0.25, -0.2) is 5.14 Å². The minimum absolute atomic E-state index is 0.0493. The summed E-state index contributed by atoms with van der Waals surface area (Å²) in [5.41, 5.74) is 1.29. The number of hydrogen-bond acceptors (Lipinski definition) is 2. The van der Waals surface area contributed by atoms with Crippen molar-refractivity contribution in [2.75, 3.05) is 13.1 Å². The van der Waals surface area contributed by atoms with Crippen LogP contribution in [0.1, 0.15) is 12.0 Å². The molecule has 1 aromatic carbocycles. The molecule has 1 saturated heterocycles. The molecule has 86 valence electrons. The molecule has 1 aliphatic carbocycles. The molecular weight excluding hydrogens is 224 g/mol. The maximum Gasteiger partial charge on any atom is 0.276 e. The van der Waals surface area contributed by atoms with E-state index in [0.717, 1.165) is 6.42 Å². The first-order chi connectivity index (χ1) is 7.52. The van der Waals surface area contributed by atoms with Gasteiger partial charge in [-0.15, -0.1) is 0 Å². The SMILES string of the molecule is NS(=O)(=O)N1CC2CC2(c2ccccc2)C1. The van der Waals surface area contributed by atoms with Gasteiger partial charge in [0, 0.05) is 18.5 Å². The molecular formula is C11H14N2O2S. The standard InChI is InChI=1S/C11H14N2O2S/c12-16(14,15)13-7-10-6-11(10,8-13)9-4-2-1-3-5-9/h1-5,10H,6-8H2,(H2,12,14,15). The van der Waals surface area contributed by atoms with Gasteiger partial charge in [0.15, 0.2) is 0 Å². The molecule has 4 nitrogen and oxygen atoms in total. The molecule has 0 spiro atoms. The van der Waals surface area contributed by atoms with E-state index in [1.165, 1.54) is 9.87 Å². The Balaban J connectivity index is 1.90. The highest BCUT2D eigenvalue weighted by molar-refractivity contribution is 7.86. The second-order valence-electron chi connectivity index (χ2n) is 4.76. The van der Waals surface area contributed by atoms with Gasteiger partial charge in [-0.05, 0) is 17.9 Å². The van der Waals surface area contributed by atoms with Gasteiger partial charge in [0.05, 0.1) is 0 Å². The van der Waals surface area contributed by atoms with Gasteiger partial charge in [0.2, 0.25) is 0 Å². The van der Waals surface area contributed by atoms with E-state index in [1.807, 2.05) is 18.2 Å². The largest absolute Gasteiger partial charge is 0.276 e. The number of hydrogen-bond donors (Lipinski definition) is 1. The summed E-state index contributed by atoms with van der Waals surface area (Å²) < 4.78 is 24.0. The Labute approximate surface area is 95.2 Å². The van der Waals surface area contributed by atoms with Crippen LogP contribution in [0.3, 0.4) is 0 Å². The second-order valence-corrected chi connectivity index (χ2v) is 6.31. The Kier molecular flexibility index (Phi) is 1.96. The van der Waals surface area contributed by atoms with Crippen LogP contribution >= 0.6 is 0 Å². The molecule has 2 fully saturated rings. The van der Waals surface area contributed by atoms with E-state index in [-0.39, 0.29) is 5.41 Å². The van der Waals surface area contributed by atoms with Gasteiger partial charge < -0.3 is 0 Å². The van der Waals surface area contributed by atoms with Crippen LogP contribution in [0.15, 0.2) is 30.3 Å². The van der Waals surface area contributed by atoms with Crippen molar-refractivity contribution in [3.8, 4) is 0 Å². The third kappa shape index (κ3) is 1.39. The number of fused-ring (bicyclic) bond motifs is 1. The maximum atomic E-state index is 11.3. The summed E-state index contributed by atoms with van der Waals surface area (Å²) in [4.78, 5) is 0. The normalized spacial score (nSPS) is 33.7. The summed E-state index contributed by atoms with van der Waals surface area (Å²) in [6, 6.07) is 10.1. The lowest BCUT2D eigenvalue weighted by Crippen LogP contribution is -2.37. The average molecular weight is 238 g/mol. The fraction of sp³-hybridized carbons (Fsp3) is 0.455. The van der Waals surface area contributed by atoms with Gasteiger partial charge >= 0.3 is 0 Å². The Bertz CT molecular complexity index is 514. The van der Waals surface area contributed by atoms with Crippen molar-refractivity contribution >= 4 is 10.2 Å². The van der Waals surface area contributed by atoms with Crippen LogP contribution in [0.2, 0.25) is 0 Å². The Morgan fingerprint density at radius 3 is 2.56 bits per heavy atom. The molecule has 1 aliphatic heterocycles. The highest BCUT2D eigenvalue weighted by Gasteiger charge is 2.62. The molecule has 1 aromatic rings. The van der Waals surface area contributed by atoms with Crippen LogP contribution in [-0.2, 0) is 15.6 Å². The van der Waals surface area contributed by atoms with Gasteiger partial charge in [-0.3, -0.25) is 0 Å². The highest BCUT2D eigenvalue weighted by Crippen LogP contribution is 2.59. The van der Waals surface area contributed by atoms with Crippen molar-refractivity contribution in [2.45, 2.75) is 11.8 Å². The van der Waals surface area contributed by atoms with Gasteiger partial charge in [0.1, 0.15) is 0 Å². The topological polar surface area (TPSA) is 63.4 Å². The molecule has 2 unspecified atom stereocenters. The van der Waals surface area contributed by atoms with Gasteiger partial charge in [0.25, 0.3) is 10.2 Å². The fourth-order valence-electron chi connectivity index (χ4n) is 2.85. The van der Waals surface area contributed by atoms with Crippen LogP contribution in [0.4, 0.5) is 0 Å². The van der Waals surface area contributed by atoms with Crippen molar-refractivity contribution in [1.82, 2.24) is 4.31 Å². The molecule has 1 saturated carbocycles. The number of rotatable bonds is 2. The molecule has 0 bridgehead atoms. The Hall–Kier alpha value is -0.910. The summed E-state index contributed by atoms with van der Waals surface area (Å²) in [6.45, 7) is 1.12. The van der Waals surface area contributed by atoms with Gasteiger partial charge in [-0.1, -0.05) is 30.3 Å². The van der Waals surface area contributed by atoms with Gasteiger partial charge in [-0.2, -0.15) is 12.7 Å². The third-order valence-corrected chi connectivity index (χ3v) is 4.82. The van der Waals surface area contributed by atoms with Crippen molar-refractivity contribution in [3.63, 3.8) is 0 Å². The summed E-state index contributed by atoms with van der Waals surface area (Å²) in [5, 5.41) is 5.16. The zero-order valence-electron chi connectivity index (χ0n) is 8.83. The van der Waals surface area contributed by atoms with E-state index in [2.05, 4.69) is 12.1 Å². The predicted molar refractivity (Wildman–Crippen MR) is 60.9 cm³/mol. The summed E-state index contributed by atoms with van der Waals surface area (Å²) in [5.74, 6) is 0.452. The molecule has 0 radical (unpaired) electrons. The lowest BCUT2D eigenvalue weighted by atomic mass is 9.95. The Morgan fingerprint density at radius 1 is 1.31 bits per heavy atom. The average Bonchev–Trinajstić information content (AvgIpc) is 2.82. The van der Waals surface area contributed by atoms with Crippen molar-refractivity contribution in [1.29, 1.82) is 0 Å². The predicted octanol–water partition coefficient (Wildman–Crippen LogP) is 0.463. The number of nitrogens with zero attached hydrogens (tertiary/aromatic N) is 1. The van der Waals surface area contributed by atoms with Crippen LogP contribution in [0.5, 0.6) is 0 Å². The quantitative estimate of drug-likeness (QED) is 0.813. The Morgan fingerprint density at radius 2 is 2.00 bits per heavy atom. The molecule has 3 rings (SSSR count). The summed E-state index contributed by atoms with van der Waals surface area (Å²) in [6.07, 6.45) is 1.09. The lowest BCUT2D eigenvalue weighted by Gasteiger charge is -2.18.